The van der Waals surface area contributed by atoms with Crippen LogP contribution in [0.25, 0.3) is 0 Å². The van der Waals surface area contributed by atoms with Crippen molar-refractivity contribution in [2.45, 2.75) is 18.9 Å². The highest BCUT2D eigenvalue weighted by Gasteiger charge is 2.26. The molecule has 74 valence electrons. The van der Waals surface area contributed by atoms with E-state index in [4.69, 9.17) is 22.1 Å². The van der Waals surface area contributed by atoms with Crippen LogP contribution in [-0.2, 0) is 0 Å². The average molecular weight is 212 g/mol. The minimum absolute atomic E-state index is 0.202. The molecule has 1 amide bonds. The lowest BCUT2D eigenvalue weighted by Crippen LogP contribution is -2.13. The number of ether oxygens (including phenoxy) is 1. The number of rotatable bonds is 3. The standard InChI is InChI=1S/C10H10ClNO2/c11-8-3-1-2-7(10(12)13)9(8)14-6-4-5-6/h1-3,6H,4-5H2,(H2,12,13). The summed E-state index contributed by atoms with van der Waals surface area (Å²) in [5, 5.41) is 0.438. The summed E-state index contributed by atoms with van der Waals surface area (Å²) in [6.45, 7) is 0. The van der Waals surface area contributed by atoms with Crippen molar-refractivity contribution in [3.05, 3.63) is 28.8 Å². The van der Waals surface area contributed by atoms with E-state index in [9.17, 15) is 4.79 Å². The molecule has 0 aliphatic heterocycles. The van der Waals surface area contributed by atoms with E-state index >= 15 is 0 Å². The number of hydrogen-bond acceptors (Lipinski definition) is 2. The molecule has 0 bridgehead atoms. The molecule has 0 radical (unpaired) electrons. The minimum Gasteiger partial charge on any atom is -0.488 e. The molecular weight excluding hydrogens is 202 g/mol. The van der Waals surface area contributed by atoms with Gasteiger partial charge in [-0.05, 0) is 25.0 Å². The molecule has 1 aromatic rings. The first-order valence-electron chi connectivity index (χ1n) is 4.43. The average Bonchev–Trinajstić information content (AvgIpc) is 2.91. The molecule has 2 N–H and O–H groups in total. The Morgan fingerprint density at radius 3 is 2.79 bits per heavy atom. The van der Waals surface area contributed by atoms with Crippen LogP contribution in [0.4, 0.5) is 0 Å². The highest BCUT2D eigenvalue weighted by atomic mass is 35.5. The second-order valence-corrected chi connectivity index (χ2v) is 3.71. The molecular formula is C10H10ClNO2. The summed E-state index contributed by atoms with van der Waals surface area (Å²) < 4.78 is 5.52. The van der Waals surface area contributed by atoms with Gasteiger partial charge < -0.3 is 10.5 Å². The second-order valence-electron chi connectivity index (χ2n) is 3.30. The maximum atomic E-state index is 11.1. The maximum Gasteiger partial charge on any atom is 0.252 e. The van der Waals surface area contributed by atoms with Crippen molar-refractivity contribution in [2.75, 3.05) is 0 Å². The van der Waals surface area contributed by atoms with E-state index < -0.39 is 5.91 Å². The van der Waals surface area contributed by atoms with Crippen molar-refractivity contribution in [3.8, 4) is 5.75 Å². The van der Waals surface area contributed by atoms with Gasteiger partial charge in [0.2, 0.25) is 0 Å². The number of halogens is 1. The molecule has 1 fully saturated rings. The summed E-state index contributed by atoms with van der Waals surface area (Å²) >= 11 is 5.91. The topological polar surface area (TPSA) is 52.3 Å². The molecule has 1 aromatic carbocycles. The molecule has 0 saturated heterocycles. The quantitative estimate of drug-likeness (QED) is 0.831. The van der Waals surface area contributed by atoms with Crippen molar-refractivity contribution in [3.63, 3.8) is 0 Å². The third-order valence-corrected chi connectivity index (χ3v) is 2.34. The Balaban J connectivity index is 2.36. The van der Waals surface area contributed by atoms with E-state index in [0.717, 1.165) is 12.8 Å². The Morgan fingerprint density at radius 1 is 1.50 bits per heavy atom. The first-order chi connectivity index (χ1) is 6.68. The lowest BCUT2D eigenvalue weighted by molar-refractivity contribution is 0.0996. The summed E-state index contributed by atoms with van der Waals surface area (Å²) in [4.78, 5) is 11.1. The van der Waals surface area contributed by atoms with Crippen LogP contribution in [0.2, 0.25) is 5.02 Å². The molecule has 2 rings (SSSR count). The predicted octanol–water partition coefficient (Wildman–Crippen LogP) is 1.98. The lowest BCUT2D eigenvalue weighted by atomic mass is 10.2. The van der Waals surface area contributed by atoms with Crippen LogP contribution in [0.15, 0.2) is 18.2 Å². The number of nitrogens with two attached hydrogens (primary N) is 1. The molecule has 0 heterocycles. The van der Waals surface area contributed by atoms with Crippen LogP contribution in [0.3, 0.4) is 0 Å². The van der Waals surface area contributed by atoms with Crippen LogP contribution < -0.4 is 10.5 Å². The lowest BCUT2D eigenvalue weighted by Gasteiger charge is -2.09. The third kappa shape index (κ3) is 1.82. The number of amides is 1. The summed E-state index contributed by atoms with van der Waals surface area (Å²) in [5.74, 6) is -0.0904. The summed E-state index contributed by atoms with van der Waals surface area (Å²) in [7, 11) is 0. The summed E-state index contributed by atoms with van der Waals surface area (Å²) in [6.07, 6.45) is 2.24. The van der Waals surface area contributed by atoms with Gasteiger partial charge >= 0.3 is 0 Å². The molecule has 1 saturated carbocycles. The summed E-state index contributed by atoms with van der Waals surface area (Å²) in [6, 6.07) is 4.99. The van der Waals surface area contributed by atoms with Gasteiger partial charge in [0.05, 0.1) is 16.7 Å². The Hall–Kier alpha value is -1.22. The SMILES string of the molecule is NC(=O)c1cccc(Cl)c1OC1CC1. The molecule has 1 aliphatic rings. The van der Waals surface area contributed by atoms with Crippen LogP contribution in [0.5, 0.6) is 5.75 Å². The molecule has 1 aliphatic carbocycles. The zero-order chi connectivity index (χ0) is 10.1. The first-order valence-corrected chi connectivity index (χ1v) is 4.81. The number of benzene rings is 1. The fourth-order valence-corrected chi connectivity index (χ4v) is 1.39. The highest BCUT2D eigenvalue weighted by Crippen LogP contribution is 2.34. The van der Waals surface area contributed by atoms with Gasteiger partial charge in [-0.2, -0.15) is 0 Å². The van der Waals surface area contributed by atoms with Gasteiger partial charge in [0.15, 0.2) is 5.75 Å². The van der Waals surface area contributed by atoms with Crippen LogP contribution in [0, 0.1) is 0 Å². The van der Waals surface area contributed by atoms with Gasteiger partial charge in [-0.1, -0.05) is 17.7 Å². The molecule has 0 atom stereocenters. The number of carbonyl (C=O) groups is 1. The van der Waals surface area contributed by atoms with E-state index in [2.05, 4.69) is 0 Å². The molecule has 0 aromatic heterocycles. The van der Waals surface area contributed by atoms with Gasteiger partial charge in [0.1, 0.15) is 0 Å². The number of carbonyl (C=O) groups excluding carboxylic acids is 1. The van der Waals surface area contributed by atoms with Gasteiger partial charge in [0.25, 0.3) is 5.91 Å². The monoisotopic (exact) mass is 211 g/mol. The fourth-order valence-electron chi connectivity index (χ4n) is 1.18. The molecule has 0 unspecified atom stereocenters. The maximum absolute atomic E-state index is 11.1. The molecule has 0 spiro atoms. The molecule has 3 nitrogen and oxygen atoms in total. The number of hydrogen-bond donors (Lipinski definition) is 1. The second kappa shape index (κ2) is 3.50. The van der Waals surface area contributed by atoms with Crippen LogP contribution in [-0.4, -0.2) is 12.0 Å². The Kier molecular flexibility index (Phi) is 2.33. The largest absolute Gasteiger partial charge is 0.488 e. The van der Waals surface area contributed by atoms with E-state index in [-0.39, 0.29) is 6.10 Å². The van der Waals surface area contributed by atoms with Crippen molar-refractivity contribution in [2.24, 2.45) is 5.73 Å². The Labute approximate surface area is 86.8 Å². The minimum atomic E-state index is -0.511. The Bertz CT molecular complexity index is 374. The van der Waals surface area contributed by atoms with Crippen molar-refractivity contribution in [1.82, 2.24) is 0 Å². The van der Waals surface area contributed by atoms with Gasteiger partial charge in [-0.15, -0.1) is 0 Å². The van der Waals surface area contributed by atoms with E-state index in [1.165, 1.54) is 0 Å². The zero-order valence-corrected chi connectivity index (χ0v) is 8.25. The van der Waals surface area contributed by atoms with Crippen LogP contribution in [0.1, 0.15) is 23.2 Å². The van der Waals surface area contributed by atoms with Crippen LogP contribution >= 0.6 is 11.6 Å². The van der Waals surface area contributed by atoms with Crippen molar-refractivity contribution in [1.29, 1.82) is 0 Å². The van der Waals surface area contributed by atoms with Gasteiger partial charge in [0, 0.05) is 0 Å². The van der Waals surface area contributed by atoms with E-state index in [1.54, 1.807) is 18.2 Å². The van der Waals surface area contributed by atoms with Crippen molar-refractivity contribution < 1.29 is 9.53 Å². The molecule has 14 heavy (non-hydrogen) atoms. The van der Waals surface area contributed by atoms with E-state index in [1.807, 2.05) is 0 Å². The zero-order valence-electron chi connectivity index (χ0n) is 7.50. The smallest absolute Gasteiger partial charge is 0.252 e. The third-order valence-electron chi connectivity index (χ3n) is 2.04. The Morgan fingerprint density at radius 2 is 2.21 bits per heavy atom. The van der Waals surface area contributed by atoms with Crippen molar-refractivity contribution >= 4 is 17.5 Å². The first kappa shape index (κ1) is 9.34. The highest BCUT2D eigenvalue weighted by molar-refractivity contribution is 6.32. The number of primary amides is 1. The normalized spacial score (nSPS) is 15.2. The van der Waals surface area contributed by atoms with Gasteiger partial charge in [-0.3, -0.25) is 4.79 Å². The number of para-hydroxylation sites is 1. The van der Waals surface area contributed by atoms with Gasteiger partial charge in [-0.25, -0.2) is 0 Å². The predicted molar refractivity (Wildman–Crippen MR) is 53.6 cm³/mol. The molecule has 4 heteroatoms. The van der Waals surface area contributed by atoms with E-state index in [0.29, 0.717) is 16.3 Å². The summed E-state index contributed by atoms with van der Waals surface area (Å²) in [5.41, 5.74) is 5.55. The fraction of sp³-hybridized carbons (Fsp3) is 0.300.